The van der Waals surface area contributed by atoms with Crippen molar-refractivity contribution >= 4 is 0 Å². The Labute approximate surface area is 81.0 Å². The molecule has 2 atom stereocenters. The van der Waals surface area contributed by atoms with E-state index in [1.54, 1.807) is 0 Å². The quantitative estimate of drug-likeness (QED) is 0.665. The second kappa shape index (κ2) is 4.97. The van der Waals surface area contributed by atoms with Crippen molar-refractivity contribution < 1.29 is 10.2 Å². The van der Waals surface area contributed by atoms with E-state index in [0.717, 1.165) is 32.1 Å². The molecule has 1 saturated carbocycles. The molecule has 0 spiro atoms. The lowest BCUT2D eigenvalue weighted by molar-refractivity contribution is -0.0000122. The van der Waals surface area contributed by atoms with Crippen LogP contribution in [0.15, 0.2) is 0 Å². The van der Waals surface area contributed by atoms with Crippen LogP contribution in [0.4, 0.5) is 0 Å². The summed E-state index contributed by atoms with van der Waals surface area (Å²) in [6.45, 7) is 4.37. The summed E-state index contributed by atoms with van der Waals surface area (Å²) in [6, 6.07) is 0. The van der Waals surface area contributed by atoms with E-state index >= 15 is 0 Å². The Bertz CT molecular complexity index is 141. The monoisotopic (exact) mass is 186 g/mol. The zero-order chi connectivity index (χ0) is 9.84. The Balaban J connectivity index is 2.05. The maximum Gasteiger partial charge on any atom is 0.0827 e. The first kappa shape index (κ1) is 11.0. The van der Waals surface area contributed by atoms with Crippen molar-refractivity contribution in [3.63, 3.8) is 0 Å². The third kappa shape index (κ3) is 4.10. The minimum atomic E-state index is -0.480. The molecule has 2 heteroatoms. The average Bonchev–Trinajstić information content (AvgIpc) is 2.84. The molecule has 1 aliphatic rings. The van der Waals surface area contributed by atoms with Crippen LogP contribution in [-0.2, 0) is 0 Å². The second-order valence-electron chi connectivity index (χ2n) is 4.72. The van der Waals surface area contributed by atoms with Crippen LogP contribution in [0.25, 0.3) is 0 Å². The second-order valence-corrected chi connectivity index (χ2v) is 4.72. The zero-order valence-corrected chi connectivity index (χ0v) is 8.74. The molecule has 0 saturated heterocycles. The van der Waals surface area contributed by atoms with Gasteiger partial charge in [-0.05, 0) is 31.1 Å². The molecule has 0 aromatic rings. The first-order valence-electron chi connectivity index (χ1n) is 5.47. The highest BCUT2D eigenvalue weighted by Crippen LogP contribution is 2.34. The predicted octanol–water partition coefficient (Wildman–Crippen LogP) is 1.94. The molecule has 1 fully saturated rings. The first-order valence-corrected chi connectivity index (χ1v) is 5.47. The van der Waals surface area contributed by atoms with Crippen molar-refractivity contribution in [2.24, 2.45) is 11.8 Å². The normalized spacial score (nSPS) is 21.9. The van der Waals surface area contributed by atoms with Crippen LogP contribution < -0.4 is 0 Å². The Morgan fingerprint density at radius 2 is 1.77 bits per heavy atom. The van der Waals surface area contributed by atoms with E-state index in [2.05, 4.69) is 13.8 Å². The molecule has 2 N–H and O–H groups in total. The van der Waals surface area contributed by atoms with Crippen molar-refractivity contribution in [1.29, 1.82) is 0 Å². The molecule has 1 aliphatic carbocycles. The Kier molecular flexibility index (Phi) is 4.20. The smallest absolute Gasteiger partial charge is 0.0827 e. The minimum absolute atomic E-state index is 0.397. The van der Waals surface area contributed by atoms with Gasteiger partial charge in [-0.2, -0.15) is 0 Å². The van der Waals surface area contributed by atoms with Crippen LogP contribution in [0.2, 0.25) is 0 Å². The van der Waals surface area contributed by atoms with Crippen molar-refractivity contribution in [3.8, 4) is 0 Å². The van der Waals surface area contributed by atoms with E-state index in [1.807, 2.05) is 0 Å². The van der Waals surface area contributed by atoms with Gasteiger partial charge in [0.25, 0.3) is 0 Å². The van der Waals surface area contributed by atoms with Gasteiger partial charge in [-0.25, -0.2) is 0 Å². The van der Waals surface area contributed by atoms with Gasteiger partial charge in [0.1, 0.15) is 0 Å². The van der Waals surface area contributed by atoms with Gasteiger partial charge >= 0.3 is 0 Å². The molecule has 2 unspecified atom stereocenters. The molecule has 2 nitrogen and oxygen atoms in total. The predicted molar refractivity (Wildman–Crippen MR) is 53.4 cm³/mol. The van der Waals surface area contributed by atoms with Gasteiger partial charge in [0.2, 0.25) is 0 Å². The van der Waals surface area contributed by atoms with E-state index in [9.17, 15) is 10.2 Å². The first-order chi connectivity index (χ1) is 6.11. The summed E-state index contributed by atoms with van der Waals surface area (Å²) >= 11 is 0. The number of aliphatic hydroxyl groups is 2. The maximum atomic E-state index is 9.59. The maximum absolute atomic E-state index is 9.59. The molecule has 0 aromatic heterocycles. The van der Waals surface area contributed by atoms with E-state index in [4.69, 9.17) is 0 Å². The molecule has 0 amide bonds. The topological polar surface area (TPSA) is 40.5 Å². The number of hydrogen-bond donors (Lipinski definition) is 2. The fourth-order valence-corrected chi connectivity index (χ4v) is 1.66. The lowest BCUT2D eigenvalue weighted by atomic mass is 10.00. The summed E-state index contributed by atoms with van der Waals surface area (Å²) < 4.78 is 0. The summed E-state index contributed by atoms with van der Waals surface area (Å²) in [7, 11) is 0. The molecule has 1 rings (SSSR count). The molecule has 0 radical (unpaired) electrons. The van der Waals surface area contributed by atoms with E-state index in [1.165, 1.54) is 0 Å². The highest BCUT2D eigenvalue weighted by molar-refractivity contribution is 4.85. The summed E-state index contributed by atoms with van der Waals surface area (Å²) in [4.78, 5) is 0. The van der Waals surface area contributed by atoms with Crippen molar-refractivity contribution in [2.75, 3.05) is 0 Å². The summed E-state index contributed by atoms with van der Waals surface area (Å²) in [5, 5.41) is 19.2. The van der Waals surface area contributed by atoms with Crippen molar-refractivity contribution in [2.45, 2.75) is 58.2 Å². The summed E-state index contributed by atoms with van der Waals surface area (Å²) in [6.07, 6.45) is 4.20. The fraction of sp³-hybridized carbons (Fsp3) is 1.00. The largest absolute Gasteiger partial charge is 0.390 e. The molecule has 0 aromatic carbocycles. The third-order valence-electron chi connectivity index (χ3n) is 2.78. The molecule has 0 heterocycles. The van der Waals surface area contributed by atoms with E-state index < -0.39 is 12.2 Å². The highest BCUT2D eigenvalue weighted by Gasteiger charge is 2.33. The lowest BCUT2D eigenvalue weighted by Gasteiger charge is -2.17. The van der Waals surface area contributed by atoms with Gasteiger partial charge in [-0.1, -0.05) is 26.7 Å². The van der Waals surface area contributed by atoms with E-state index in [0.29, 0.717) is 11.8 Å². The Hall–Kier alpha value is -0.0800. The van der Waals surface area contributed by atoms with Crippen molar-refractivity contribution in [3.05, 3.63) is 0 Å². The van der Waals surface area contributed by atoms with Crippen LogP contribution in [0.5, 0.6) is 0 Å². The summed E-state index contributed by atoms with van der Waals surface area (Å²) in [5.41, 5.74) is 0. The molecule has 0 aliphatic heterocycles. The summed E-state index contributed by atoms with van der Waals surface area (Å²) in [5.74, 6) is 1.10. The Morgan fingerprint density at radius 1 is 1.15 bits per heavy atom. The number of rotatable bonds is 6. The number of aliphatic hydroxyl groups excluding tert-OH is 2. The van der Waals surface area contributed by atoms with E-state index in [-0.39, 0.29) is 0 Å². The minimum Gasteiger partial charge on any atom is -0.390 e. The third-order valence-corrected chi connectivity index (χ3v) is 2.78. The standard InChI is InChI=1S/C11H22O2/c1-8(2)4-3-5-10(12)11(13)9-6-7-9/h8-13H,3-7H2,1-2H3. The highest BCUT2D eigenvalue weighted by atomic mass is 16.3. The van der Waals surface area contributed by atoms with Crippen LogP contribution in [0.3, 0.4) is 0 Å². The van der Waals surface area contributed by atoms with Crippen molar-refractivity contribution in [1.82, 2.24) is 0 Å². The fourth-order valence-electron chi connectivity index (χ4n) is 1.66. The number of hydrogen-bond acceptors (Lipinski definition) is 2. The zero-order valence-electron chi connectivity index (χ0n) is 8.74. The van der Waals surface area contributed by atoms with Crippen LogP contribution in [-0.4, -0.2) is 22.4 Å². The molecular weight excluding hydrogens is 164 g/mol. The van der Waals surface area contributed by atoms with Gasteiger partial charge in [0, 0.05) is 0 Å². The molecular formula is C11H22O2. The lowest BCUT2D eigenvalue weighted by Crippen LogP contribution is -2.27. The van der Waals surface area contributed by atoms with Crippen LogP contribution in [0.1, 0.15) is 46.0 Å². The van der Waals surface area contributed by atoms with Gasteiger partial charge in [-0.3, -0.25) is 0 Å². The Morgan fingerprint density at radius 3 is 2.23 bits per heavy atom. The molecule has 0 bridgehead atoms. The van der Waals surface area contributed by atoms with Gasteiger partial charge in [-0.15, -0.1) is 0 Å². The molecule has 78 valence electrons. The van der Waals surface area contributed by atoms with Crippen LogP contribution in [0, 0.1) is 11.8 Å². The van der Waals surface area contributed by atoms with Gasteiger partial charge in [0.15, 0.2) is 0 Å². The average molecular weight is 186 g/mol. The van der Waals surface area contributed by atoms with Gasteiger partial charge in [0.05, 0.1) is 12.2 Å². The molecule has 13 heavy (non-hydrogen) atoms. The van der Waals surface area contributed by atoms with Crippen LogP contribution >= 0.6 is 0 Å². The SMILES string of the molecule is CC(C)CCCC(O)C(O)C1CC1. The van der Waals surface area contributed by atoms with Gasteiger partial charge < -0.3 is 10.2 Å².